The summed E-state index contributed by atoms with van der Waals surface area (Å²) in [5, 5.41) is 12.2. The van der Waals surface area contributed by atoms with E-state index in [0.717, 1.165) is 25.7 Å². The van der Waals surface area contributed by atoms with Gasteiger partial charge in [0, 0.05) is 0 Å². The number of hydrogen-bond donors (Lipinski definition) is 1. The van der Waals surface area contributed by atoms with Gasteiger partial charge in [-0.3, -0.25) is 4.79 Å². The van der Waals surface area contributed by atoms with Crippen LogP contribution in [0.15, 0.2) is 24.3 Å². The maximum atomic E-state index is 13.5. The fraction of sp³-hybridized carbons (Fsp3) is 0.500. The second-order valence-electron chi connectivity index (χ2n) is 5.42. The lowest BCUT2D eigenvalue weighted by atomic mass is 9.91. The third-order valence-corrected chi connectivity index (χ3v) is 3.86. The van der Waals surface area contributed by atoms with Gasteiger partial charge in [0.05, 0.1) is 12.5 Å². The maximum absolute atomic E-state index is 13.5. The molecule has 3 nitrogen and oxygen atoms in total. The molecule has 20 heavy (non-hydrogen) atoms. The molecule has 4 heteroatoms. The minimum Gasteiger partial charge on any atom is -0.338 e. The minimum atomic E-state index is -0.765. The largest absolute Gasteiger partial charge is 0.338 e. The molecule has 0 radical (unpaired) electrons. The van der Waals surface area contributed by atoms with Crippen LogP contribution in [-0.4, -0.2) is 11.4 Å². The first kappa shape index (κ1) is 14.5. The van der Waals surface area contributed by atoms with Crippen LogP contribution in [0.5, 0.6) is 0 Å². The Labute approximate surface area is 118 Å². The van der Waals surface area contributed by atoms with Crippen molar-refractivity contribution in [2.45, 2.75) is 50.5 Å². The van der Waals surface area contributed by atoms with E-state index in [1.54, 1.807) is 18.2 Å². The van der Waals surface area contributed by atoms with Gasteiger partial charge in [-0.05, 0) is 24.5 Å². The molecule has 1 amide bonds. The van der Waals surface area contributed by atoms with Crippen molar-refractivity contribution >= 4 is 5.91 Å². The molecule has 2 rings (SSSR count). The monoisotopic (exact) mass is 274 g/mol. The Morgan fingerprint density at radius 2 is 1.90 bits per heavy atom. The molecule has 0 aromatic heterocycles. The van der Waals surface area contributed by atoms with E-state index in [9.17, 15) is 14.4 Å². The summed E-state index contributed by atoms with van der Waals surface area (Å²) in [4.78, 5) is 12.1. The van der Waals surface area contributed by atoms with Gasteiger partial charge in [-0.1, -0.05) is 43.9 Å². The topological polar surface area (TPSA) is 52.9 Å². The highest BCUT2D eigenvalue weighted by molar-refractivity contribution is 5.79. The van der Waals surface area contributed by atoms with Crippen molar-refractivity contribution in [1.82, 2.24) is 5.32 Å². The van der Waals surface area contributed by atoms with Crippen LogP contribution >= 0.6 is 0 Å². The number of carbonyl (C=O) groups is 1. The fourth-order valence-electron chi connectivity index (χ4n) is 2.72. The molecule has 0 aliphatic heterocycles. The molecule has 0 bridgehead atoms. The van der Waals surface area contributed by atoms with Crippen molar-refractivity contribution < 1.29 is 9.18 Å². The van der Waals surface area contributed by atoms with Gasteiger partial charge in [0.1, 0.15) is 11.4 Å². The molecule has 0 heterocycles. The van der Waals surface area contributed by atoms with Crippen molar-refractivity contribution in [1.29, 1.82) is 5.26 Å². The summed E-state index contributed by atoms with van der Waals surface area (Å²) in [6.07, 6.45) is 5.47. The molecule has 0 unspecified atom stereocenters. The summed E-state index contributed by atoms with van der Waals surface area (Å²) < 4.78 is 13.5. The van der Waals surface area contributed by atoms with Gasteiger partial charge in [-0.25, -0.2) is 4.39 Å². The number of benzene rings is 1. The first-order chi connectivity index (χ1) is 9.65. The van der Waals surface area contributed by atoms with Crippen LogP contribution in [0.25, 0.3) is 0 Å². The number of amides is 1. The Hall–Kier alpha value is -1.89. The summed E-state index contributed by atoms with van der Waals surface area (Å²) >= 11 is 0. The average molecular weight is 274 g/mol. The summed E-state index contributed by atoms with van der Waals surface area (Å²) in [6, 6.07) is 8.50. The molecule has 1 aliphatic carbocycles. The zero-order valence-electron chi connectivity index (χ0n) is 11.5. The standard InChI is InChI=1S/C16H19FN2O/c17-14-8-4-3-7-13(14)11-15(20)19-16(12-18)9-5-1-2-6-10-16/h3-4,7-8H,1-2,5-6,9-11H2,(H,19,20). The summed E-state index contributed by atoms with van der Waals surface area (Å²) in [5.74, 6) is -0.659. The first-order valence-electron chi connectivity index (χ1n) is 7.11. The van der Waals surface area contributed by atoms with E-state index in [4.69, 9.17) is 0 Å². The number of nitrogens with one attached hydrogen (secondary N) is 1. The number of hydrogen-bond acceptors (Lipinski definition) is 2. The number of nitriles is 1. The molecular weight excluding hydrogens is 255 g/mol. The van der Waals surface area contributed by atoms with E-state index < -0.39 is 5.54 Å². The Bertz CT molecular complexity index is 513. The Morgan fingerprint density at radius 3 is 2.50 bits per heavy atom. The highest BCUT2D eigenvalue weighted by atomic mass is 19.1. The smallest absolute Gasteiger partial charge is 0.225 e. The van der Waals surface area contributed by atoms with Gasteiger partial charge in [-0.2, -0.15) is 5.26 Å². The van der Waals surface area contributed by atoms with Crippen LogP contribution in [0.2, 0.25) is 0 Å². The average Bonchev–Trinajstić information content (AvgIpc) is 2.67. The van der Waals surface area contributed by atoms with E-state index in [1.165, 1.54) is 6.07 Å². The van der Waals surface area contributed by atoms with E-state index in [2.05, 4.69) is 11.4 Å². The highest BCUT2D eigenvalue weighted by Gasteiger charge is 2.32. The number of carbonyl (C=O) groups excluding carboxylic acids is 1. The lowest BCUT2D eigenvalue weighted by Crippen LogP contribution is -2.47. The zero-order valence-corrected chi connectivity index (χ0v) is 11.5. The number of nitrogens with zero attached hydrogens (tertiary/aromatic N) is 1. The second kappa shape index (κ2) is 6.51. The van der Waals surface area contributed by atoms with Crippen LogP contribution in [0.1, 0.15) is 44.1 Å². The molecule has 0 atom stereocenters. The van der Waals surface area contributed by atoms with Crippen LogP contribution in [-0.2, 0) is 11.2 Å². The normalized spacial score (nSPS) is 17.8. The quantitative estimate of drug-likeness (QED) is 0.861. The van der Waals surface area contributed by atoms with Crippen molar-refractivity contribution in [2.75, 3.05) is 0 Å². The lowest BCUT2D eigenvalue weighted by molar-refractivity contribution is -0.122. The summed E-state index contributed by atoms with van der Waals surface area (Å²) in [7, 11) is 0. The number of rotatable bonds is 3. The van der Waals surface area contributed by atoms with Crippen LogP contribution in [0.3, 0.4) is 0 Å². The van der Waals surface area contributed by atoms with Gasteiger partial charge >= 0.3 is 0 Å². The predicted octanol–water partition coefficient (Wildman–Crippen LogP) is 3.10. The van der Waals surface area contributed by atoms with Crippen LogP contribution < -0.4 is 5.32 Å². The highest BCUT2D eigenvalue weighted by Crippen LogP contribution is 2.26. The zero-order chi connectivity index (χ0) is 14.4. The van der Waals surface area contributed by atoms with E-state index >= 15 is 0 Å². The van der Waals surface area contributed by atoms with Gasteiger partial charge in [-0.15, -0.1) is 0 Å². The van der Waals surface area contributed by atoms with Gasteiger partial charge in [0.25, 0.3) is 0 Å². The molecule has 0 saturated heterocycles. The molecule has 106 valence electrons. The van der Waals surface area contributed by atoms with Crippen molar-refractivity contribution in [2.24, 2.45) is 0 Å². The number of halogens is 1. The van der Waals surface area contributed by atoms with E-state index in [-0.39, 0.29) is 18.1 Å². The first-order valence-corrected chi connectivity index (χ1v) is 7.11. The Balaban J connectivity index is 2.03. The molecular formula is C16H19FN2O. The predicted molar refractivity (Wildman–Crippen MR) is 74.3 cm³/mol. The lowest BCUT2D eigenvalue weighted by Gasteiger charge is -2.26. The van der Waals surface area contributed by atoms with Crippen molar-refractivity contribution in [3.63, 3.8) is 0 Å². The minimum absolute atomic E-state index is 0.0178. The molecule has 0 spiro atoms. The van der Waals surface area contributed by atoms with Crippen LogP contribution in [0.4, 0.5) is 4.39 Å². The van der Waals surface area contributed by atoms with Crippen molar-refractivity contribution in [3.8, 4) is 6.07 Å². The maximum Gasteiger partial charge on any atom is 0.225 e. The molecule has 1 aliphatic rings. The van der Waals surface area contributed by atoms with Crippen LogP contribution in [0, 0.1) is 17.1 Å². The second-order valence-corrected chi connectivity index (χ2v) is 5.42. The van der Waals surface area contributed by atoms with E-state index in [1.807, 2.05) is 0 Å². The third-order valence-electron chi connectivity index (χ3n) is 3.86. The Morgan fingerprint density at radius 1 is 1.25 bits per heavy atom. The van der Waals surface area contributed by atoms with Gasteiger partial charge in [0.15, 0.2) is 0 Å². The molecule has 1 saturated carbocycles. The summed E-state index contributed by atoms with van der Waals surface area (Å²) in [6.45, 7) is 0. The Kier molecular flexibility index (Phi) is 4.73. The fourth-order valence-corrected chi connectivity index (χ4v) is 2.72. The van der Waals surface area contributed by atoms with Crippen molar-refractivity contribution in [3.05, 3.63) is 35.6 Å². The summed E-state index contributed by atoms with van der Waals surface area (Å²) in [5.41, 5.74) is -0.398. The molecule has 1 N–H and O–H groups in total. The van der Waals surface area contributed by atoms with Gasteiger partial charge < -0.3 is 5.32 Å². The third kappa shape index (κ3) is 3.57. The SMILES string of the molecule is N#CC1(NC(=O)Cc2ccccc2F)CCCCCC1. The molecule has 1 aromatic rings. The van der Waals surface area contributed by atoms with Gasteiger partial charge in [0.2, 0.25) is 5.91 Å². The molecule has 1 fully saturated rings. The molecule has 1 aromatic carbocycles. The van der Waals surface area contributed by atoms with E-state index in [0.29, 0.717) is 18.4 Å².